The van der Waals surface area contributed by atoms with E-state index in [1.54, 1.807) is 6.92 Å². The van der Waals surface area contributed by atoms with Crippen LogP contribution in [-0.4, -0.2) is 63.9 Å². The average molecular weight is 248 g/mol. The van der Waals surface area contributed by atoms with Crippen LogP contribution in [0, 0.1) is 0 Å². The van der Waals surface area contributed by atoms with Gasteiger partial charge in [0.25, 0.3) is 0 Å². The van der Waals surface area contributed by atoms with E-state index < -0.39 is 36.5 Å². The quantitative estimate of drug-likeness (QED) is 0.474. The summed E-state index contributed by atoms with van der Waals surface area (Å²) in [5, 5.41) is 28.0. The lowest BCUT2D eigenvalue weighted by Gasteiger charge is -2.25. The molecule has 8 heteroatoms. The molecule has 0 heterocycles. The Morgan fingerprint density at radius 1 is 1.29 bits per heavy atom. The topological polar surface area (TPSA) is 127 Å². The van der Waals surface area contributed by atoms with Gasteiger partial charge in [0.2, 0.25) is 0 Å². The van der Waals surface area contributed by atoms with Gasteiger partial charge in [-0.1, -0.05) is 0 Å². The maximum Gasteiger partial charge on any atom is 0.326 e. The highest BCUT2D eigenvalue weighted by atomic mass is 16.4. The highest BCUT2D eigenvalue weighted by molar-refractivity contribution is 5.86. The first-order valence-corrected chi connectivity index (χ1v) is 4.88. The Labute approximate surface area is 97.8 Å². The summed E-state index contributed by atoms with van der Waals surface area (Å²) < 4.78 is 0. The Hall–Kier alpha value is -1.83. The molecule has 0 aliphatic rings. The number of likely N-dealkylation sites (N-methyl/N-ethyl adjacent to an activating group) is 1. The summed E-state index contributed by atoms with van der Waals surface area (Å²) in [4.78, 5) is 33.7. The van der Waals surface area contributed by atoms with Crippen molar-refractivity contribution in [3.05, 3.63) is 0 Å². The van der Waals surface area contributed by atoms with E-state index in [2.05, 4.69) is 5.32 Å². The van der Waals surface area contributed by atoms with Crippen LogP contribution in [0.2, 0.25) is 0 Å². The summed E-state index contributed by atoms with van der Waals surface area (Å²) in [6, 6.07) is -2.73. The lowest BCUT2D eigenvalue weighted by atomic mass is 10.2. The molecule has 98 valence electrons. The summed E-state index contributed by atoms with van der Waals surface area (Å²) in [5.41, 5.74) is 0. The second-order valence-electron chi connectivity index (χ2n) is 3.58. The molecule has 17 heavy (non-hydrogen) atoms. The van der Waals surface area contributed by atoms with E-state index in [1.165, 1.54) is 7.05 Å². The van der Waals surface area contributed by atoms with E-state index in [1.807, 2.05) is 0 Å². The number of urea groups is 1. The Balaban J connectivity index is 4.50. The molecule has 0 rings (SSSR count). The van der Waals surface area contributed by atoms with Gasteiger partial charge in [-0.25, -0.2) is 9.59 Å². The molecule has 0 aliphatic heterocycles. The molecule has 0 aromatic rings. The van der Waals surface area contributed by atoms with E-state index in [-0.39, 0.29) is 6.61 Å². The number of carbonyl (C=O) groups is 3. The predicted molar refractivity (Wildman–Crippen MR) is 56.5 cm³/mol. The molecule has 0 bridgehead atoms. The second-order valence-corrected chi connectivity index (χ2v) is 3.58. The van der Waals surface area contributed by atoms with Crippen molar-refractivity contribution in [3.63, 3.8) is 0 Å². The van der Waals surface area contributed by atoms with Crippen molar-refractivity contribution < 1.29 is 29.7 Å². The first-order valence-electron chi connectivity index (χ1n) is 4.88. The number of carboxylic acid groups (broad SMARTS) is 2. The Bertz CT molecular complexity index is 306. The summed E-state index contributed by atoms with van der Waals surface area (Å²) in [6.45, 7) is 1.28. The second kappa shape index (κ2) is 6.69. The minimum absolute atomic E-state index is 0.277. The third-order valence-corrected chi connectivity index (χ3v) is 2.22. The van der Waals surface area contributed by atoms with Crippen LogP contribution < -0.4 is 5.32 Å². The molecule has 0 fully saturated rings. The fraction of sp³-hybridized carbons (Fsp3) is 0.667. The van der Waals surface area contributed by atoms with Crippen LogP contribution in [0.25, 0.3) is 0 Å². The minimum Gasteiger partial charge on any atom is -0.481 e. The standard InChI is InChI=1S/C9H16N2O6/c1-5(4-12)11(2)9(17)10-6(8(15)16)3-7(13)14/h5-6,12H,3-4H2,1-2H3,(H,10,17)(H,13,14)(H,15,16)/t5?,6-/m1/s1. The molecule has 0 radical (unpaired) electrons. The first-order chi connectivity index (χ1) is 7.79. The lowest BCUT2D eigenvalue weighted by Crippen LogP contribution is -2.50. The van der Waals surface area contributed by atoms with Gasteiger partial charge in [-0.05, 0) is 6.92 Å². The molecule has 0 aliphatic carbocycles. The third-order valence-electron chi connectivity index (χ3n) is 2.22. The van der Waals surface area contributed by atoms with Gasteiger partial charge in [-0.3, -0.25) is 4.79 Å². The van der Waals surface area contributed by atoms with E-state index in [4.69, 9.17) is 15.3 Å². The zero-order valence-electron chi connectivity index (χ0n) is 9.58. The van der Waals surface area contributed by atoms with Crippen molar-refractivity contribution in [2.75, 3.05) is 13.7 Å². The van der Waals surface area contributed by atoms with Gasteiger partial charge in [0, 0.05) is 7.05 Å². The number of aliphatic hydroxyl groups is 1. The van der Waals surface area contributed by atoms with Crippen LogP contribution >= 0.6 is 0 Å². The van der Waals surface area contributed by atoms with E-state index in [0.29, 0.717) is 0 Å². The number of hydrogen-bond donors (Lipinski definition) is 4. The van der Waals surface area contributed by atoms with Gasteiger partial charge in [-0.2, -0.15) is 0 Å². The largest absolute Gasteiger partial charge is 0.481 e. The van der Waals surface area contributed by atoms with Crippen LogP contribution in [0.1, 0.15) is 13.3 Å². The fourth-order valence-corrected chi connectivity index (χ4v) is 0.948. The molecular formula is C9H16N2O6. The highest BCUT2D eigenvalue weighted by Crippen LogP contribution is 1.98. The average Bonchev–Trinajstić information content (AvgIpc) is 2.25. The zero-order chi connectivity index (χ0) is 13.6. The number of aliphatic hydroxyl groups excluding tert-OH is 1. The molecule has 2 amide bonds. The van der Waals surface area contributed by atoms with Gasteiger partial charge in [0.1, 0.15) is 6.04 Å². The summed E-state index contributed by atoms with van der Waals surface area (Å²) in [5.74, 6) is -2.75. The SMILES string of the molecule is CC(CO)N(C)C(=O)N[C@H](CC(=O)O)C(=O)O. The van der Waals surface area contributed by atoms with E-state index in [0.717, 1.165) is 4.90 Å². The van der Waals surface area contributed by atoms with Gasteiger partial charge < -0.3 is 25.5 Å². The van der Waals surface area contributed by atoms with Crippen molar-refractivity contribution in [2.24, 2.45) is 0 Å². The van der Waals surface area contributed by atoms with Crippen molar-refractivity contribution in [3.8, 4) is 0 Å². The fourth-order valence-electron chi connectivity index (χ4n) is 0.948. The maximum atomic E-state index is 11.5. The minimum atomic E-state index is -1.49. The lowest BCUT2D eigenvalue weighted by molar-refractivity contribution is -0.145. The van der Waals surface area contributed by atoms with Crippen LogP contribution in [0.5, 0.6) is 0 Å². The molecule has 0 saturated carbocycles. The smallest absolute Gasteiger partial charge is 0.326 e. The van der Waals surface area contributed by atoms with Gasteiger partial charge in [-0.15, -0.1) is 0 Å². The Morgan fingerprint density at radius 2 is 1.82 bits per heavy atom. The number of nitrogens with one attached hydrogen (secondary N) is 1. The molecule has 1 unspecified atom stereocenters. The van der Waals surface area contributed by atoms with Crippen LogP contribution in [0.4, 0.5) is 4.79 Å². The van der Waals surface area contributed by atoms with Crippen molar-refractivity contribution in [2.45, 2.75) is 25.4 Å². The zero-order valence-corrected chi connectivity index (χ0v) is 9.58. The number of nitrogens with zero attached hydrogens (tertiary/aromatic N) is 1. The molecule has 0 aromatic carbocycles. The number of carbonyl (C=O) groups excluding carboxylic acids is 1. The first kappa shape index (κ1) is 15.2. The molecule has 8 nitrogen and oxygen atoms in total. The molecule has 2 atom stereocenters. The number of aliphatic carboxylic acids is 2. The molecule has 4 N–H and O–H groups in total. The van der Waals surface area contributed by atoms with Crippen LogP contribution in [0.3, 0.4) is 0 Å². The van der Waals surface area contributed by atoms with Crippen LogP contribution in [0.15, 0.2) is 0 Å². The Morgan fingerprint density at radius 3 is 2.18 bits per heavy atom. The molecule has 0 saturated heterocycles. The van der Waals surface area contributed by atoms with E-state index in [9.17, 15) is 14.4 Å². The summed E-state index contributed by atoms with van der Waals surface area (Å²) in [7, 11) is 1.37. The number of amides is 2. The van der Waals surface area contributed by atoms with Crippen LogP contribution in [-0.2, 0) is 9.59 Å². The van der Waals surface area contributed by atoms with Gasteiger partial charge >= 0.3 is 18.0 Å². The third kappa shape index (κ3) is 5.16. The maximum absolute atomic E-state index is 11.5. The van der Waals surface area contributed by atoms with Crippen molar-refractivity contribution in [1.29, 1.82) is 0 Å². The monoisotopic (exact) mass is 248 g/mol. The predicted octanol–water partition coefficient (Wildman–Crippen LogP) is -1.06. The molecular weight excluding hydrogens is 232 g/mol. The van der Waals surface area contributed by atoms with Crippen molar-refractivity contribution >= 4 is 18.0 Å². The molecule has 0 aromatic heterocycles. The highest BCUT2D eigenvalue weighted by Gasteiger charge is 2.25. The normalized spacial score (nSPS) is 13.6. The summed E-state index contributed by atoms with van der Waals surface area (Å²) in [6.07, 6.45) is -0.706. The van der Waals surface area contributed by atoms with Crippen molar-refractivity contribution in [1.82, 2.24) is 10.2 Å². The Kier molecular flexibility index (Phi) is 5.97. The number of rotatable bonds is 6. The number of carboxylic acids is 2. The summed E-state index contributed by atoms with van der Waals surface area (Å²) >= 11 is 0. The van der Waals surface area contributed by atoms with E-state index >= 15 is 0 Å². The van der Waals surface area contributed by atoms with Gasteiger partial charge in [0.15, 0.2) is 0 Å². The number of hydrogen-bond acceptors (Lipinski definition) is 4. The van der Waals surface area contributed by atoms with Gasteiger partial charge in [0.05, 0.1) is 19.1 Å². The molecule has 0 spiro atoms.